The molecule has 1 heterocycles. The van der Waals surface area contributed by atoms with Crippen LogP contribution in [0.1, 0.15) is 99.5 Å². The van der Waals surface area contributed by atoms with Gasteiger partial charge in [0.15, 0.2) is 0 Å². The average molecular weight is 468 g/mol. The van der Waals surface area contributed by atoms with Crippen LogP contribution in [0.4, 0.5) is 5.69 Å². The number of hydrogen-bond donors (Lipinski definition) is 0. The third-order valence-corrected chi connectivity index (χ3v) is 8.82. The zero-order chi connectivity index (χ0) is 23.6. The summed E-state index contributed by atoms with van der Waals surface area (Å²) in [5.74, 6) is 7.21. The maximum atomic E-state index is 14.0. The Kier molecular flexibility index (Phi) is 7.34. The summed E-state index contributed by atoms with van der Waals surface area (Å²) < 4.78 is 5.14. The summed E-state index contributed by atoms with van der Waals surface area (Å²) in [4.78, 5) is 30.1. The van der Waals surface area contributed by atoms with Gasteiger partial charge < -0.3 is 9.64 Å². The number of methoxy groups -OCH3 is 1. The molecule has 0 spiro atoms. The van der Waals surface area contributed by atoms with Crippen molar-refractivity contribution in [3.8, 4) is 11.8 Å². The van der Waals surface area contributed by atoms with Crippen LogP contribution in [0.15, 0.2) is 17.7 Å². The van der Waals surface area contributed by atoms with Gasteiger partial charge in [-0.2, -0.15) is 0 Å². The van der Waals surface area contributed by atoms with Crippen LogP contribution in [0.2, 0.25) is 0 Å². The number of anilines is 1. The van der Waals surface area contributed by atoms with Crippen molar-refractivity contribution in [1.29, 1.82) is 0 Å². The minimum atomic E-state index is -0.374. The highest BCUT2D eigenvalue weighted by atomic mass is 32.1. The fourth-order valence-electron chi connectivity index (χ4n) is 5.11. The Morgan fingerprint density at radius 2 is 1.82 bits per heavy atom. The standard InChI is InChI=1S/C28H37NO3S/c1-5-20-8-12-22(13-9-20)29(26(30)21-10-6-19(2)7-11-21)24-18-23(14-15-28(3)16-17-28)33-25(24)27(31)32-4/h5,18-19,21-22H,6-13,16-17H2,1-4H3. The number of thiophene rings is 1. The predicted octanol–water partition coefficient (Wildman–Crippen LogP) is 6.73. The molecule has 0 aliphatic heterocycles. The molecule has 3 saturated carbocycles. The van der Waals surface area contributed by atoms with E-state index in [0.717, 1.165) is 74.8 Å². The largest absolute Gasteiger partial charge is 0.465 e. The predicted molar refractivity (Wildman–Crippen MR) is 134 cm³/mol. The Balaban J connectivity index is 1.70. The molecule has 3 aliphatic carbocycles. The first kappa shape index (κ1) is 24.1. The minimum absolute atomic E-state index is 0.0367. The van der Waals surface area contributed by atoms with Gasteiger partial charge in [0.05, 0.1) is 17.7 Å². The first-order chi connectivity index (χ1) is 15.8. The summed E-state index contributed by atoms with van der Waals surface area (Å²) in [6.07, 6.45) is 12.4. The molecule has 33 heavy (non-hydrogen) atoms. The molecule has 4 nitrogen and oxygen atoms in total. The van der Waals surface area contributed by atoms with Crippen molar-refractivity contribution >= 4 is 28.9 Å². The molecule has 1 aromatic rings. The maximum absolute atomic E-state index is 14.0. The zero-order valence-electron chi connectivity index (χ0n) is 20.5. The van der Waals surface area contributed by atoms with E-state index in [0.29, 0.717) is 10.8 Å². The topological polar surface area (TPSA) is 46.6 Å². The number of rotatable bonds is 4. The highest BCUT2D eigenvalue weighted by Gasteiger charge is 2.37. The summed E-state index contributed by atoms with van der Waals surface area (Å²) in [7, 11) is 1.41. The van der Waals surface area contributed by atoms with Crippen LogP contribution in [-0.4, -0.2) is 25.0 Å². The van der Waals surface area contributed by atoms with Crippen LogP contribution in [0, 0.1) is 29.1 Å². The lowest BCUT2D eigenvalue weighted by Gasteiger charge is -2.38. The van der Waals surface area contributed by atoms with E-state index in [-0.39, 0.29) is 29.3 Å². The van der Waals surface area contributed by atoms with Gasteiger partial charge in [0.2, 0.25) is 5.91 Å². The molecule has 3 aliphatic rings. The molecule has 178 valence electrons. The number of esters is 1. The van der Waals surface area contributed by atoms with Gasteiger partial charge in [-0.3, -0.25) is 4.79 Å². The van der Waals surface area contributed by atoms with E-state index in [4.69, 9.17) is 4.74 Å². The summed E-state index contributed by atoms with van der Waals surface area (Å²) in [6.45, 7) is 6.55. The molecule has 1 amide bonds. The number of amides is 1. The monoisotopic (exact) mass is 467 g/mol. The van der Waals surface area contributed by atoms with Gasteiger partial charge in [-0.05, 0) is 90.0 Å². The fraction of sp³-hybridized carbons (Fsp3) is 0.643. The third-order valence-electron chi connectivity index (χ3n) is 7.80. The number of carbonyl (C=O) groups excluding carboxylic acids is 2. The van der Waals surface area contributed by atoms with Gasteiger partial charge in [0.25, 0.3) is 0 Å². The molecule has 0 N–H and O–H groups in total. The van der Waals surface area contributed by atoms with Gasteiger partial charge >= 0.3 is 5.97 Å². The SMILES string of the molecule is CC=C1CCC(N(C(=O)C2CCC(C)CC2)c2cc(C#CC3(C)CC3)sc2C(=O)OC)CC1. The smallest absolute Gasteiger partial charge is 0.350 e. The van der Waals surface area contributed by atoms with E-state index in [9.17, 15) is 9.59 Å². The van der Waals surface area contributed by atoms with Crippen molar-refractivity contribution in [2.75, 3.05) is 12.0 Å². The van der Waals surface area contributed by atoms with Crippen molar-refractivity contribution in [2.45, 2.75) is 91.0 Å². The van der Waals surface area contributed by atoms with Gasteiger partial charge in [0, 0.05) is 17.4 Å². The molecule has 1 aromatic heterocycles. The third kappa shape index (κ3) is 5.54. The second-order valence-corrected chi connectivity index (χ2v) is 11.5. The second-order valence-electron chi connectivity index (χ2n) is 10.5. The van der Waals surface area contributed by atoms with E-state index >= 15 is 0 Å². The molecule has 4 rings (SSSR count). The van der Waals surface area contributed by atoms with Crippen LogP contribution in [0.3, 0.4) is 0 Å². The first-order valence-corrected chi connectivity index (χ1v) is 13.4. The number of hydrogen-bond acceptors (Lipinski definition) is 4. The summed E-state index contributed by atoms with van der Waals surface area (Å²) in [5, 5.41) is 0. The summed E-state index contributed by atoms with van der Waals surface area (Å²) in [6, 6.07) is 2.09. The van der Waals surface area contributed by atoms with Gasteiger partial charge in [0.1, 0.15) is 4.88 Å². The van der Waals surface area contributed by atoms with Gasteiger partial charge in [-0.1, -0.05) is 30.4 Å². The molecular formula is C28H37NO3S. The van der Waals surface area contributed by atoms with Crippen LogP contribution >= 0.6 is 11.3 Å². The van der Waals surface area contributed by atoms with Crippen molar-refractivity contribution in [3.63, 3.8) is 0 Å². The Bertz CT molecular complexity index is 973. The molecule has 0 atom stereocenters. The van der Waals surface area contributed by atoms with E-state index in [1.165, 1.54) is 24.0 Å². The fourth-order valence-corrected chi connectivity index (χ4v) is 6.03. The zero-order valence-corrected chi connectivity index (χ0v) is 21.4. The molecule has 5 heteroatoms. The lowest BCUT2D eigenvalue weighted by Crippen LogP contribution is -2.46. The van der Waals surface area contributed by atoms with E-state index < -0.39 is 0 Å². The Morgan fingerprint density at radius 3 is 2.39 bits per heavy atom. The minimum Gasteiger partial charge on any atom is -0.465 e. The molecule has 0 saturated heterocycles. The normalized spacial score (nSPS) is 26.1. The lowest BCUT2D eigenvalue weighted by atomic mass is 9.81. The summed E-state index contributed by atoms with van der Waals surface area (Å²) in [5.41, 5.74) is 2.29. The second kappa shape index (κ2) is 10.1. The molecule has 0 bridgehead atoms. The Hall–Kier alpha value is -2.06. The molecule has 0 unspecified atom stereocenters. The number of carbonyl (C=O) groups is 2. The number of nitrogens with zero attached hydrogens (tertiary/aromatic N) is 1. The van der Waals surface area contributed by atoms with E-state index in [2.05, 4.69) is 38.7 Å². The van der Waals surface area contributed by atoms with Crippen LogP contribution < -0.4 is 4.90 Å². The number of allylic oxidation sites excluding steroid dienone is 2. The molecule has 0 aromatic carbocycles. The quantitative estimate of drug-likeness (QED) is 0.280. The Morgan fingerprint density at radius 1 is 1.15 bits per heavy atom. The van der Waals surface area contributed by atoms with Crippen molar-refractivity contribution in [3.05, 3.63) is 27.5 Å². The average Bonchev–Trinajstić information content (AvgIpc) is 3.43. The van der Waals surface area contributed by atoms with Crippen LogP contribution in [0.5, 0.6) is 0 Å². The lowest BCUT2D eigenvalue weighted by molar-refractivity contribution is -0.124. The highest BCUT2D eigenvalue weighted by molar-refractivity contribution is 7.15. The summed E-state index contributed by atoms with van der Waals surface area (Å²) >= 11 is 1.37. The maximum Gasteiger partial charge on any atom is 0.350 e. The van der Waals surface area contributed by atoms with Crippen molar-refractivity contribution < 1.29 is 14.3 Å². The highest BCUT2D eigenvalue weighted by Crippen LogP contribution is 2.44. The van der Waals surface area contributed by atoms with Crippen molar-refractivity contribution in [2.24, 2.45) is 17.3 Å². The molecule has 0 radical (unpaired) electrons. The van der Waals surface area contributed by atoms with Gasteiger partial charge in [-0.25, -0.2) is 4.79 Å². The number of ether oxygens (including phenoxy) is 1. The van der Waals surface area contributed by atoms with Crippen molar-refractivity contribution in [1.82, 2.24) is 0 Å². The van der Waals surface area contributed by atoms with Gasteiger partial charge in [-0.15, -0.1) is 11.3 Å². The Labute approximate surface area is 202 Å². The molecule has 3 fully saturated rings. The van der Waals surface area contributed by atoms with Crippen LogP contribution in [-0.2, 0) is 9.53 Å². The van der Waals surface area contributed by atoms with E-state index in [1.54, 1.807) is 0 Å². The molecular weight excluding hydrogens is 430 g/mol. The van der Waals surface area contributed by atoms with Crippen LogP contribution in [0.25, 0.3) is 0 Å². The van der Waals surface area contributed by atoms with E-state index in [1.807, 2.05) is 11.0 Å². The first-order valence-electron chi connectivity index (χ1n) is 12.6.